The van der Waals surface area contributed by atoms with Gasteiger partial charge in [0, 0.05) is 28.4 Å². The zero-order valence-electron chi connectivity index (χ0n) is 23.9. The number of H-pyrrole nitrogens is 1. The first-order chi connectivity index (χ1) is 20.1. The van der Waals surface area contributed by atoms with Gasteiger partial charge in [0.15, 0.2) is 0 Å². The number of aromatic amines is 1. The highest BCUT2D eigenvalue weighted by Gasteiger charge is 2.33. The number of pyridine rings is 1. The minimum Gasteiger partial charge on any atom is -0.632 e. The molecule has 1 aliphatic carbocycles. The summed E-state index contributed by atoms with van der Waals surface area (Å²) in [6.45, 7) is 7.12. The van der Waals surface area contributed by atoms with Gasteiger partial charge in [-0.2, -0.15) is 0 Å². The summed E-state index contributed by atoms with van der Waals surface area (Å²) in [7, 11) is 0. The number of anilines is 1. The van der Waals surface area contributed by atoms with Gasteiger partial charge in [0.05, 0.1) is 32.4 Å². The number of benzene rings is 2. The third-order valence-corrected chi connectivity index (χ3v) is 8.83. The molecule has 0 bridgehead atoms. The van der Waals surface area contributed by atoms with Gasteiger partial charge in [0.25, 0.3) is 0 Å². The lowest BCUT2D eigenvalue weighted by atomic mass is 9.72. The smallest absolute Gasteiger partial charge is 0.339 e. The standard InChI is InChI=1S/C33H35ClN4O4/c1-33(2)11-9-24(29(19-33)22-3-5-25(34)6-4-22)21-38(41)15-13-37(14-16-38)26-7-8-28(32(39)40)30(18-26)42-27-17-23-10-12-35-31(23)36-20-27/h3-8,10,12,17-18,20H,9,11,13-16,19,21H2,1-2H3,(H,35,36)(H,39,40). The fourth-order valence-corrected chi connectivity index (χ4v) is 6.25. The lowest BCUT2D eigenvalue weighted by Crippen LogP contribution is -2.57. The van der Waals surface area contributed by atoms with Crippen LogP contribution in [-0.4, -0.2) is 58.4 Å². The summed E-state index contributed by atoms with van der Waals surface area (Å²) in [5.74, 6) is -0.370. The number of ether oxygens (including phenoxy) is 1. The number of halogens is 1. The first kappa shape index (κ1) is 28.3. The number of aromatic nitrogens is 2. The molecule has 8 nitrogen and oxygen atoms in total. The normalized spacial score (nSPS) is 18.3. The Morgan fingerprint density at radius 1 is 1.14 bits per heavy atom. The maximum Gasteiger partial charge on any atom is 0.339 e. The van der Waals surface area contributed by atoms with Gasteiger partial charge in [-0.1, -0.05) is 37.6 Å². The van der Waals surface area contributed by atoms with E-state index in [1.54, 1.807) is 30.6 Å². The second kappa shape index (κ2) is 11.1. The molecule has 3 heterocycles. The molecule has 1 saturated heterocycles. The minimum absolute atomic E-state index is 0.0702. The van der Waals surface area contributed by atoms with Crippen molar-refractivity contribution in [2.45, 2.75) is 33.1 Å². The Morgan fingerprint density at radius 2 is 1.90 bits per heavy atom. The van der Waals surface area contributed by atoms with E-state index in [0.717, 1.165) is 41.5 Å². The Labute approximate surface area is 250 Å². The van der Waals surface area contributed by atoms with Gasteiger partial charge >= 0.3 is 5.97 Å². The SMILES string of the molecule is CC1(C)CCC(C[N+]2([O-])CCN(c3ccc(C(=O)O)c(Oc4cnc5[nH]ccc5c4)c3)CC2)=C(c2ccc(Cl)cc2)C1. The van der Waals surface area contributed by atoms with E-state index in [9.17, 15) is 15.1 Å². The summed E-state index contributed by atoms with van der Waals surface area (Å²) >= 11 is 6.16. The average Bonchev–Trinajstić information content (AvgIpc) is 3.43. The molecular formula is C33H35ClN4O4. The summed E-state index contributed by atoms with van der Waals surface area (Å²) in [6.07, 6.45) is 6.30. The van der Waals surface area contributed by atoms with Gasteiger partial charge < -0.3 is 29.6 Å². The highest BCUT2D eigenvalue weighted by molar-refractivity contribution is 6.30. The van der Waals surface area contributed by atoms with Crippen molar-refractivity contribution in [2.75, 3.05) is 37.6 Å². The van der Waals surface area contributed by atoms with Crippen LogP contribution in [0.2, 0.25) is 5.02 Å². The van der Waals surface area contributed by atoms with Crippen molar-refractivity contribution in [3.8, 4) is 11.5 Å². The predicted molar refractivity (Wildman–Crippen MR) is 166 cm³/mol. The number of hydrogen-bond acceptors (Lipinski definition) is 5. The minimum atomic E-state index is -1.07. The van der Waals surface area contributed by atoms with Crippen LogP contribution in [0.3, 0.4) is 0 Å². The summed E-state index contributed by atoms with van der Waals surface area (Å²) in [4.78, 5) is 21.5. The number of hydrogen-bond donors (Lipinski definition) is 2. The Bertz CT molecular complexity index is 1650. The van der Waals surface area contributed by atoms with Gasteiger partial charge in [0.1, 0.15) is 29.3 Å². The summed E-state index contributed by atoms with van der Waals surface area (Å²) in [6, 6.07) is 16.8. The zero-order valence-corrected chi connectivity index (χ0v) is 24.7. The second-order valence-corrected chi connectivity index (χ2v) is 12.7. The highest BCUT2D eigenvalue weighted by Crippen LogP contribution is 2.44. The molecule has 0 unspecified atom stereocenters. The second-order valence-electron chi connectivity index (χ2n) is 12.3. The average molecular weight is 587 g/mol. The van der Waals surface area contributed by atoms with Crippen molar-refractivity contribution in [2.24, 2.45) is 5.41 Å². The molecule has 0 amide bonds. The molecule has 218 valence electrons. The van der Waals surface area contributed by atoms with Crippen molar-refractivity contribution >= 4 is 39.9 Å². The fraction of sp³-hybridized carbons (Fsp3) is 0.333. The van der Waals surface area contributed by atoms with Crippen LogP contribution >= 0.6 is 11.6 Å². The quantitative estimate of drug-likeness (QED) is 0.172. The number of hydroxylamine groups is 3. The molecule has 1 fully saturated rings. The van der Waals surface area contributed by atoms with Gasteiger partial charge in [0.2, 0.25) is 0 Å². The predicted octanol–water partition coefficient (Wildman–Crippen LogP) is 7.51. The van der Waals surface area contributed by atoms with E-state index in [4.69, 9.17) is 16.3 Å². The Hall–Kier alpha value is -3.85. The number of rotatable bonds is 7. The molecule has 2 aliphatic rings. The van der Waals surface area contributed by atoms with Crippen molar-refractivity contribution in [3.05, 3.63) is 93.9 Å². The van der Waals surface area contributed by atoms with Crippen LogP contribution in [0.15, 0.2) is 72.6 Å². The van der Waals surface area contributed by atoms with Crippen molar-refractivity contribution < 1.29 is 19.3 Å². The number of fused-ring (bicyclic) bond motifs is 1. The van der Waals surface area contributed by atoms with Crippen LogP contribution in [0.1, 0.15) is 49.0 Å². The lowest BCUT2D eigenvalue weighted by molar-refractivity contribution is -0.876. The van der Waals surface area contributed by atoms with E-state index in [2.05, 4.69) is 40.8 Å². The topological polar surface area (TPSA) is 102 Å². The largest absolute Gasteiger partial charge is 0.632 e. The third kappa shape index (κ3) is 6.02. The third-order valence-electron chi connectivity index (χ3n) is 8.58. The Kier molecular flexibility index (Phi) is 7.47. The molecule has 4 aromatic rings. The molecule has 9 heteroatoms. The molecule has 42 heavy (non-hydrogen) atoms. The van der Waals surface area contributed by atoms with Gasteiger partial charge in [-0.3, -0.25) is 0 Å². The summed E-state index contributed by atoms with van der Waals surface area (Å²) in [5.41, 5.74) is 5.53. The summed E-state index contributed by atoms with van der Waals surface area (Å²) in [5, 5.41) is 25.4. The van der Waals surface area contributed by atoms with E-state index >= 15 is 0 Å². The van der Waals surface area contributed by atoms with E-state index in [0.29, 0.717) is 43.5 Å². The van der Waals surface area contributed by atoms with Crippen LogP contribution in [-0.2, 0) is 0 Å². The van der Waals surface area contributed by atoms with Crippen LogP contribution < -0.4 is 9.64 Å². The van der Waals surface area contributed by atoms with Crippen LogP contribution in [0.5, 0.6) is 11.5 Å². The molecule has 1 aliphatic heterocycles. The molecule has 0 saturated carbocycles. The molecule has 0 radical (unpaired) electrons. The number of allylic oxidation sites excluding steroid dienone is 1. The van der Waals surface area contributed by atoms with Crippen LogP contribution in [0.4, 0.5) is 5.69 Å². The molecule has 0 atom stereocenters. The maximum absolute atomic E-state index is 14.0. The first-order valence-electron chi connectivity index (χ1n) is 14.3. The Balaban J connectivity index is 1.20. The van der Waals surface area contributed by atoms with E-state index in [1.165, 1.54) is 11.1 Å². The number of quaternary nitrogens is 1. The molecule has 6 rings (SSSR count). The number of carboxylic acid groups (broad SMARTS) is 1. The lowest BCUT2D eigenvalue weighted by Gasteiger charge is -2.50. The zero-order chi connectivity index (χ0) is 29.5. The monoisotopic (exact) mass is 586 g/mol. The highest BCUT2D eigenvalue weighted by atomic mass is 35.5. The molecular weight excluding hydrogens is 552 g/mol. The number of carbonyl (C=O) groups is 1. The van der Waals surface area contributed by atoms with E-state index in [1.807, 2.05) is 24.3 Å². The van der Waals surface area contributed by atoms with Gasteiger partial charge in [-0.05, 0) is 77.8 Å². The summed E-state index contributed by atoms with van der Waals surface area (Å²) < 4.78 is 5.77. The van der Waals surface area contributed by atoms with Crippen LogP contribution in [0, 0.1) is 10.6 Å². The molecule has 0 spiro atoms. The van der Waals surface area contributed by atoms with Gasteiger partial charge in [-0.25, -0.2) is 9.78 Å². The molecule has 2 aromatic heterocycles. The number of aromatic carboxylic acids is 1. The van der Waals surface area contributed by atoms with Crippen molar-refractivity contribution in [1.82, 2.24) is 9.97 Å². The van der Waals surface area contributed by atoms with E-state index in [-0.39, 0.29) is 21.4 Å². The van der Waals surface area contributed by atoms with Crippen LogP contribution in [0.25, 0.3) is 16.6 Å². The first-order valence-corrected chi connectivity index (χ1v) is 14.7. The fourth-order valence-electron chi connectivity index (χ4n) is 6.13. The van der Waals surface area contributed by atoms with Crippen molar-refractivity contribution in [1.29, 1.82) is 0 Å². The Morgan fingerprint density at radius 3 is 2.64 bits per heavy atom. The number of piperazine rings is 1. The number of nitrogens with zero attached hydrogens (tertiary/aromatic N) is 3. The maximum atomic E-state index is 14.0. The number of carboxylic acids is 1. The molecule has 2 aromatic carbocycles. The molecule has 2 N–H and O–H groups in total. The number of nitrogens with one attached hydrogen (secondary N) is 1. The van der Waals surface area contributed by atoms with Crippen molar-refractivity contribution in [3.63, 3.8) is 0 Å². The van der Waals surface area contributed by atoms with E-state index < -0.39 is 5.97 Å². The van der Waals surface area contributed by atoms with Gasteiger partial charge in [-0.15, -0.1) is 0 Å².